The first-order chi connectivity index (χ1) is 7.77. The highest BCUT2D eigenvalue weighted by atomic mass is 16.3. The zero-order valence-corrected chi connectivity index (χ0v) is 10.4. The van der Waals surface area contributed by atoms with E-state index >= 15 is 0 Å². The van der Waals surface area contributed by atoms with Gasteiger partial charge < -0.3 is 10.4 Å². The Morgan fingerprint density at radius 2 is 2.31 bits per heavy atom. The molecule has 2 unspecified atom stereocenters. The first-order valence-corrected chi connectivity index (χ1v) is 6.41. The van der Waals surface area contributed by atoms with Crippen molar-refractivity contribution in [2.45, 2.75) is 32.6 Å². The summed E-state index contributed by atoms with van der Waals surface area (Å²) in [7, 11) is 0. The largest absolute Gasteiger partial charge is 0.395 e. The molecule has 0 spiro atoms. The predicted molar refractivity (Wildman–Crippen MR) is 69.4 cm³/mol. The number of aliphatic hydroxyl groups excluding tert-OH is 1. The second-order valence-corrected chi connectivity index (χ2v) is 4.73. The maximum atomic E-state index is 8.72. The van der Waals surface area contributed by atoms with Gasteiger partial charge in [-0.05, 0) is 44.6 Å². The Hall–Kier alpha value is -0.600. The summed E-state index contributed by atoms with van der Waals surface area (Å²) in [5.41, 5.74) is 1.29. The van der Waals surface area contributed by atoms with Crippen molar-refractivity contribution in [1.82, 2.24) is 5.32 Å². The quantitative estimate of drug-likeness (QED) is 0.535. The molecule has 0 bridgehead atoms. The molecule has 1 rings (SSSR count). The average molecular weight is 223 g/mol. The smallest absolute Gasteiger partial charge is 0.0555 e. The normalized spacial score (nSPS) is 26.1. The lowest BCUT2D eigenvalue weighted by atomic mass is 9.78. The van der Waals surface area contributed by atoms with Gasteiger partial charge in [-0.25, -0.2) is 0 Å². The molecule has 0 heterocycles. The van der Waals surface area contributed by atoms with Gasteiger partial charge in [-0.15, -0.1) is 0 Å². The fraction of sp³-hybridized carbons (Fsp3) is 0.714. The summed E-state index contributed by atoms with van der Waals surface area (Å²) in [5, 5.41) is 12.0. The molecule has 1 aliphatic carbocycles. The zero-order chi connectivity index (χ0) is 11.8. The Balaban J connectivity index is 2.32. The van der Waals surface area contributed by atoms with Crippen LogP contribution >= 0.6 is 0 Å². The SMILES string of the molecule is C=C(/C=C\C)C1CCCC(CNCCO)C1. The van der Waals surface area contributed by atoms with Crippen LogP contribution in [0.25, 0.3) is 0 Å². The maximum absolute atomic E-state index is 8.72. The topological polar surface area (TPSA) is 32.3 Å². The number of rotatable bonds is 6. The van der Waals surface area contributed by atoms with Crippen LogP contribution in [-0.4, -0.2) is 24.8 Å². The van der Waals surface area contributed by atoms with Crippen LogP contribution in [0.4, 0.5) is 0 Å². The molecule has 1 saturated carbocycles. The Labute approximate surface area is 99.4 Å². The third-order valence-electron chi connectivity index (χ3n) is 3.41. The van der Waals surface area contributed by atoms with Gasteiger partial charge in [0.05, 0.1) is 6.61 Å². The van der Waals surface area contributed by atoms with E-state index in [9.17, 15) is 0 Å². The van der Waals surface area contributed by atoms with Gasteiger partial charge in [0.25, 0.3) is 0 Å². The van der Waals surface area contributed by atoms with Gasteiger partial charge in [0.2, 0.25) is 0 Å². The standard InChI is InChI=1S/C14H25NO/c1-3-5-12(2)14-7-4-6-13(10-14)11-15-8-9-16/h3,5,13-16H,2,4,6-11H2,1H3/b5-3-. The fourth-order valence-corrected chi connectivity index (χ4v) is 2.55. The molecule has 0 aromatic rings. The fourth-order valence-electron chi connectivity index (χ4n) is 2.55. The maximum Gasteiger partial charge on any atom is 0.0555 e. The molecule has 0 saturated heterocycles. The highest BCUT2D eigenvalue weighted by Crippen LogP contribution is 2.33. The summed E-state index contributed by atoms with van der Waals surface area (Å²) in [6.45, 7) is 8.20. The minimum Gasteiger partial charge on any atom is -0.395 e. The van der Waals surface area contributed by atoms with Crippen molar-refractivity contribution in [3.63, 3.8) is 0 Å². The van der Waals surface area contributed by atoms with Gasteiger partial charge in [0.15, 0.2) is 0 Å². The van der Waals surface area contributed by atoms with Crippen LogP contribution in [0.5, 0.6) is 0 Å². The second kappa shape index (κ2) is 7.64. The minimum atomic E-state index is 0.238. The van der Waals surface area contributed by atoms with Crippen LogP contribution in [0, 0.1) is 11.8 Å². The summed E-state index contributed by atoms with van der Waals surface area (Å²) in [6, 6.07) is 0. The molecule has 1 fully saturated rings. The highest BCUT2D eigenvalue weighted by Gasteiger charge is 2.22. The number of hydrogen-bond acceptors (Lipinski definition) is 2. The number of nitrogens with one attached hydrogen (secondary N) is 1. The van der Waals surface area contributed by atoms with E-state index in [1.54, 1.807) is 0 Å². The van der Waals surface area contributed by atoms with Crippen molar-refractivity contribution in [3.8, 4) is 0 Å². The first kappa shape index (κ1) is 13.5. The van der Waals surface area contributed by atoms with E-state index in [2.05, 4.69) is 24.0 Å². The van der Waals surface area contributed by atoms with E-state index in [1.807, 2.05) is 6.92 Å². The van der Waals surface area contributed by atoms with Gasteiger partial charge in [-0.2, -0.15) is 0 Å². The van der Waals surface area contributed by atoms with E-state index in [0.717, 1.165) is 19.0 Å². The van der Waals surface area contributed by atoms with Crippen LogP contribution in [-0.2, 0) is 0 Å². The lowest BCUT2D eigenvalue weighted by Crippen LogP contribution is -2.29. The van der Waals surface area contributed by atoms with Crippen molar-refractivity contribution < 1.29 is 5.11 Å². The summed E-state index contributed by atoms with van der Waals surface area (Å²) < 4.78 is 0. The Morgan fingerprint density at radius 3 is 3.00 bits per heavy atom. The summed E-state index contributed by atoms with van der Waals surface area (Å²) in [4.78, 5) is 0. The van der Waals surface area contributed by atoms with Gasteiger partial charge >= 0.3 is 0 Å². The van der Waals surface area contributed by atoms with Gasteiger partial charge in [0.1, 0.15) is 0 Å². The van der Waals surface area contributed by atoms with Gasteiger partial charge in [-0.1, -0.05) is 30.7 Å². The molecule has 0 aliphatic heterocycles. The first-order valence-electron chi connectivity index (χ1n) is 6.41. The highest BCUT2D eigenvalue weighted by molar-refractivity contribution is 5.17. The average Bonchev–Trinajstić information content (AvgIpc) is 2.30. The molecule has 2 N–H and O–H groups in total. The number of allylic oxidation sites excluding steroid dienone is 3. The molecular formula is C14H25NO. The number of aliphatic hydroxyl groups is 1. The Morgan fingerprint density at radius 1 is 1.50 bits per heavy atom. The van der Waals surface area contributed by atoms with E-state index in [0.29, 0.717) is 5.92 Å². The molecule has 2 heteroatoms. The molecular weight excluding hydrogens is 198 g/mol. The van der Waals surface area contributed by atoms with E-state index in [-0.39, 0.29) is 6.61 Å². The van der Waals surface area contributed by atoms with E-state index in [4.69, 9.17) is 5.11 Å². The Kier molecular flexibility index (Phi) is 6.43. The van der Waals surface area contributed by atoms with Crippen molar-refractivity contribution in [1.29, 1.82) is 0 Å². The second-order valence-electron chi connectivity index (χ2n) is 4.73. The predicted octanol–water partition coefficient (Wildman–Crippen LogP) is 2.51. The molecule has 2 atom stereocenters. The van der Waals surface area contributed by atoms with Crippen molar-refractivity contribution in [3.05, 3.63) is 24.3 Å². The molecule has 2 nitrogen and oxygen atoms in total. The zero-order valence-electron chi connectivity index (χ0n) is 10.4. The molecule has 0 amide bonds. The molecule has 0 aromatic carbocycles. The third-order valence-corrected chi connectivity index (χ3v) is 3.41. The monoisotopic (exact) mass is 223 g/mol. The Bertz CT molecular complexity index is 235. The summed E-state index contributed by atoms with van der Waals surface area (Å²) in [5.74, 6) is 1.43. The van der Waals surface area contributed by atoms with E-state index < -0.39 is 0 Å². The third kappa shape index (κ3) is 4.50. The lowest BCUT2D eigenvalue weighted by molar-refractivity contribution is 0.263. The van der Waals surface area contributed by atoms with Gasteiger partial charge in [-0.3, -0.25) is 0 Å². The number of hydrogen-bond donors (Lipinski definition) is 2. The van der Waals surface area contributed by atoms with E-state index in [1.165, 1.54) is 31.3 Å². The van der Waals surface area contributed by atoms with Crippen LogP contribution in [0.1, 0.15) is 32.6 Å². The molecule has 16 heavy (non-hydrogen) atoms. The lowest BCUT2D eigenvalue weighted by Gasteiger charge is -2.29. The summed E-state index contributed by atoms with van der Waals surface area (Å²) in [6.07, 6.45) is 9.40. The van der Waals surface area contributed by atoms with Crippen LogP contribution in [0.15, 0.2) is 24.3 Å². The molecule has 92 valence electrons. The molecule has 0 aromatic heterocycles. The van der Waals surface area contributed by atoms with Gasteiger partial charge in [0, 0.05) is 6.54 Å². The summed E-state index contributed by atoms with van der Waals surface area (Å²) >= 11 is 0. The van der Waals surface area contributed by atoms with Crippen LogP contribution in [0.2, 0.25) is 0 Å². The van der Waals surface area contributed by atoms with Crippen LogP contribution in [0.3, 0.4) is 0 Å². The van der Waals surface area contributed by atoms with Crippen molar-refractivity contribution in [2.24, 2.45) is 11.8 Å². The minimum absolute atomic E-state index is 0.238. The molecule has 0 radical (unpaired) electrons. The van der Waals surface area contributed by atoms with Crippen LogP contribution < -0.4 is 5.32 Å². The van der Waals surface area contributed by atoms with Crippen molar-refractivity contribution in [2.75, 3.05) is 19.7 Å². The molecule has 1 aliphatic rings. The van der Waals surface area contributed by atoms with Crippen molar-refractivity contribution >= 4 is 0 Å².